The van der Waals surface area contributed by atoms with Crippen molar-refractivity contribution >= 4 is 5.91 Å². The van der Waals surface area contributed by atoms with Gasteiger partial charge < -0.3 is 11.1 Å². The summed E-state index contributed by atoms with van der Waals surface area (Å²) in [5.41, 5.74) is 5.09. The number of hydrogen-bond acceptors (Lipinski definition) is 2. The Kier molecular flexibility index (Phi) is 2.05. The number of nitrogens with one attached hydrogen (secondary N) is 1. The van der Waals surface area contributed by atoms with E-state index in [0.717, 1.165) is 25.9 Å². The minimum atomic E-state index is -0.165. The fraction of sp³-hybridized carbons (Fsp3) is 0.833. The van der Waals surface area contributed by atoms with Gasteiger partial charge in [0, 0.05) is 7.97 Å². The predicted molar refractivity (Wildman–Crippen MR) is 36.9 cm³/mol. The van der Waals surface area contributed by atoms with E-state index in [9.17, 15) is 4.79 Å². The van der Waals surface area contributed by atoms with E-state index < -0.39 is 0 Å². The van der Waals surface area contributed by atoms with Crippen LogP contribution < -0.4 is 11.1 Å². The topological polar surface area (TPSA) is 55.1 Å². The molecule has 54 valence electrons. The molecular weight excluding hydrogens is 116 g/mol. The molecule has 3 heteroatoms. The Morgan fingerprint density at radius 1 is 1.78 bits per heavy atom. The number of nitrogens with two attached hydrogens (primary N) is 1. The Hall–Kier alpha value is -0.570. The van der Waals surface area contributed by atoms with Gasteiger partial charge in [-0.05, 0) is 19.4 Å². The number of rotatable bonds is 1. The van der Waals surface area contributed by atoms with Crippen LogP contribution in [0.5, 0.6) is 0 Å². The van der Waals surface area contributed by atoms with Crippen LogP contribution in [0.4, 0.5) is 0 Å². The lowest BCUT2D eigenvalue weighted by molar-refractivity contribution is -0.122. The third kappa shape index (κ3) is 1.68. The molecule has 3 nitrogen and oxygen atoms in total. The lowest BCUT2D eigenvalue weighted by Crippen LogP contribution is -2.37. The number of piperidine rings is 1. The van der Waals surface area contributed by atoms with Crippen molar-refractivity contribution in [2.75, 3.05) is 13.1 Å². The number of amides is 1. The number of carbonyl (C=O) groups is 1. The van der Waals surface area contributed by atoms with Crippen LogP contribution in [0.15, 0.2) is 0 Å². The SMILES string of the molecule is NC(=O)[C@@H]1CCCNC1.[HH]. The highest BCUT2D eigenvalue weighted by Crippen LogP contribution is 2.07. The number of primary amides is 1. The summed E-state index contributed by atoms with van der Waals surface area (Å²) in [6.07, 6.45) is 2.04. The summed E-state index contributed by atoms with van der Waals surface area (Å²) in [5.74, 6) is -0.0825. The molecule has 3 N–H and O–H groups in total. The monoisotopic (exact) mass is 130 g/mol. The molecule has 1 rings (SSSR count). The molecule has 1 amide bonds. The van der Waals surface area contributed by atoms with Gasteiger partial charge in [-0.3, -0.25) is 4.79 Å². The van der Waals surface area contributed by atoms with Crippen molar-refractivity contribution in [2.45, 2.75) is 12.8 Å². The second kappa shape index (κ2) is 2.82. The summed E-state index contributed by atoms with van der Waals surface area (Å²) < 4.78 is 0. The molecule has 0 saturated carbocycles. The van der Waals surface area contributed by atoms with E-state index in [1.165, 1.54) is 0 Å². The molecule has 1 saturated heterocycles. The zero-order chi connectivity index (χ0) is 6.69. The molecule has 0 aromatic rings. The molecule has 1 fully saturated rings. The molecule has 1 aliphatic heterocycles. The van der Waals surface area contributed by atoms with Gasteiger partial charge in [0.2, 0.25) is 5.91 Å². The van der Waals surface area contributed by atoms with Crippen LogP contribution in [0, 0.1) is 5.92 Å². The van der Waals surface area contributed by atoms with E-state index in [1.54, 1.807) is 0 Å². The maximum Gasteiger partial charge on any atom is 0.221 e. The highest BCUT2D eigenvalue weighted by Gasteiger charge is 2.17. The molecule has 9 heavy (non-hydrogen) atoms. The third-order valence-corrected chi connectivity index (χ3v) is 1.70. The van der Waals surface area contributed by atoms with Crippen LogP contribution in [0.3, 0.4) is 0 Å². The van der Waals surface area contributed by atoms with Crippen LogP contribution in [0.1, 0.15) is 14.3 Å². The molecular formula is C6H14N2O. The predicted octanol–water partition coefficient (Wildman–Crippen LogP) is -0.283. The summed E-state index contributed by atoms with van der Waals surface area (Å²) in [7, 11) is 0. The zero-order valence-corrected chi connectivity index (χ0v) is 5.39. The Morgan fingerprint density at radius 3 is 2.89 bits per heavy atom. The van der Waals surface area contributed by atoms with Gasteiger partial charge in [0.15, 0.2) is 0 Å². The normalized spacial score (nSPS) is 27.8. The van der Waals surface area contributed by atoms with E-state index >= 15 is 0 Å². The summed E-state index contributed by atoms with van der Waals surface area (Å²) >= 11 is 0. The molecule has 0 aromatic heterocycles. The lowest BCUT2D eigenvalue weighted by atomic mass is 9.99. The maximum absolute atomic E-state index is 10.5. The van der Waals surface area contributed by atoms with Gasteiger partial charge in [-0.15, -0.1) is 0 Å². The fourth-order valence-electron chi connectivity index (χ4n) is 1.09. The maximum atomic E-state index is 10.5. The van der Waals surface area contributed by atoms with Gasteiger partial charge in [0.25, 0.3) is 0 Å². The van der Waals surface area contributed by atoms with Gasteiger partial charge in [0.05, 0.1) is 5.92 Å². The van der Waals surface area contributed by atoms with E-state index in [2.05, 4.69) is 5.32 Å². The van der Waals surface area contributed by atoms with Gasteiger partial charge in [-0.25, -0.2) is 0 Å². The van der Waals surface area contributed by atoms with Gasteiger partial charge >= 0.3 is 0 Å². The largest absolute Gasteiger partial charge is 0.369 e. The van der Waals surface area contributed by atoms with Crippen LogP contribution >= 0.6 is 0 Å². The first-order chi connectivity index (χ1) is 4.30. The minimum absolute atomic E-state index is 0. The summed E-state index contributed by atoms with van der Waals surface area (Å²) in [5, 5.41) is 3.12. The van der Waals surface area contributed by atoms with E-state index in [4.69, 9.17) is 5.73 Å². The van der Waals surface area contributed by atoms with Gasteiger partial charge in [-0.1, -0.05) is 0 Å². The Balaban J connectivity index is 0.000000810. The van der Waals surface area contributed by atoms with Crippen LogP contribution in [-0.4, -0.2) is 19.0 Å². The van der Waals surface area contributed by atoms with Crippen molar-refractivity contribution < 1.29 is 6.22 Å². The van der Waals surface area contributed by atoms with Crippen molar-refractivity contribution in [3.63, 3.8) is 0 Å². The summed E-state index contributed by atoms with van der Waals surface area (Å²) in [4.78, 5) is 10.5. The van der Waals surface area contributed by atoms with Gasteiger partial charge in [0.1, 0.15) is 0 Å². The Morgan fingerprint density at radius 2 is 2.56 bits per heavy atom. The average Bonchev–Trinajstić information content (AvgIpc) is 1.90. The van der Waals surface area contributed by atoms with E-state index in [0.29, 0.717) is 0 Å². The number of hydrogen-bond donors (Lipinski definition) is 2. The minimum Gasteiger partial charge on any atom is -0.369 e. The first-order valence-electron chi connectivity index (χ1n) is 3.31. The van der Waals surface area contributed by atoms with Crippen molar-refractivity contribution in [2.24, 2.45) is 11.7 Å². The molecule has 0 unspecified atom stereocenters. The standard InChI is InChI=1S/C6H12N2O.H2/c7-6(9)5-2-1-3-8-4-5;/h5,8H,1-4H2,(H2,7,9);1H/t5-;/m1./s1. The molecule has 1 atom stereocenters. The van der Waals surface area contributed by atoms with Crippen molar-refractivity contribution in [1.82, 2.24) is 5.32 Å². The summed E-state index contributed by atoms with van der Waals surface area (Å²) in [6.45, 7) is 1.80. The van der Waals surface area contributed by atoms with E-state index in [-0.39, 0.29) is 13.3 Å². The summed E-state index contributed by atoms with van der Waals surface area (Å²) in [6, 6.07) is 0. The smallest absolute Gasteiger partial charge is 0.221 e. The Labute approximate surface area is 56.1 Å². The van der Waals surface area contributed by atoms with E-state index in [1.807, 2.05) is 0 Å². The second-order valence-electron chi connectivity index (χ2n) is 2.45. The highest BCUT2D eigenvalue weighted by molar-refractivity contribution is 5.76. The molecule has 0 radical (unpaired) electrons. The first kappa shape index (κ1) is 6.55. The van der Waals surface area contributed by atoms with Crippen molar-refractivity contribution in [3.8, 4) is 0 Å². The average molecular weight is 130 g/mol. The quantitative estimate of drug-likeness (QED) is 0.513. The van der Waals surface area contributed by atoms with Crippen LogP contribution in [0.2, 0.25) is 0 Å². The zero-order valence-electron chi connectivity index (χ0n) is 5.39. The van der Waals surface area contributed by atoms with Crippen LogP contribution in [-0.2, 0) is 4.79 Å². The third-order valence-electron chi connectivity index (χ3n) is 1.70. The lowest BCUT2D eigenvalue weighted by Gasteiger charge is -2.18. The number of carbonyl (C=O) groups excluding carboxylic acids is 1. The molecule has 0 spiro atoms. The van der Waals surface area contributed by atoms with Crippen molar-refractivity contribution in [3.05, 3.63) is 0 Å². The highest BCUT2D eigenvalue weighted by atomic mass is 16.1. The second-order valence-corrected chi connectivity index (χ2v) is 2.45. The molecule has 0 aliphatic carbocycles. The van der Waals surface area contributed by atoms with Crippen molar-refractivity contribution in [1.29, 1.82) is 0 Å². The Bertz CT molecular complexity index is 112. The van der Waals surface area contributed by atoms with Gasteiger partial charge in [-0.2, -0.15) is 0 Å². The molecule has 1 heterocycles. The first-order valence-corrected chi connectivity index (χ1v) is 3.31. The fourth-order valence-corrected chi connectivity index (χ4v) is 1.09. The molecule has 0 aromatic carbocycles. The molecule has 0 bridgehead atoms. The van der Waals surface area contributed by atoms with Crippen LogP contribution in [0.25, 0.3) is 0 Å². The molecule has 1 aliphatic rings.